The van der Waals surface area contributed by atoms with E-state index in [1.165, 1.54) is 18.9 Å². The predicted octanol–water partition coefficient (Wildman–Crippen LogP) is 4.14. The average Bonchev–Trinajstić information content (AvgIpc) is 3.36. The van der Waals surface area contributed by atoms with Gasteiger partial charge in [-0.1, -0.05) is 31.7 Å². The minimum Gasteiger partial charge on any atom is -0.494 e. The number of thioether (sulfide) groups is 1. The molecule has 2 aromatic heterocycles. The Balaban J connectivity index is 2.24. The third-order valence-corrected chi connectivity index (χ3v) is 5.96. The van der Waals surface area contributed by atoms with Crippen LogP contribution in [0.2, 0.25) is 0 Å². The Hall–Kier alpha value is -2.94. The minimum absolute atomic E-state index is 0.0153. The van der Waals surface area contributed by atoms with Crippen LogP contribution in [0.25, 0.3) is 17.3 Å². The number of methoxy groups -OCH3 is 3. The summed E-state index contributed by atoms with van der Waals surface area (Å²) in [4.78, 5) is 12.4. The Morgan fingerprint density at radius 3 is 2.23 bits per heavy atom. The van der Waals surface area contributed by atoms with E-state index in [0.29, 0.717) is 33.9 Å². The van der Waals surface area contributed by atoms with Gasteiger partial charge in [-0.2, -0.15) is 0 Å². The molecule has 1 atom stereocenters. The van der Waals surface area contributed by atoms with Crippen molar-refractivity contribution >= 4 is 17.7 Å². The standard InChI is InChI=1S/C21H25N3O5S/c1-12(2)18(20(25)28-6)30-21-23-22-19(16-11-10-13(3)29-16)24(21)17-14(26-4)8-7-9-15(17)27-5/h7-12,18H,1-6H3. The predicted molar refractivity (Wildman–Crippen MR) is 113 cm³/mol. The number of furan rings is 1. The van der Waals surface area contributed by atoms with Crippen molar-refractivity contribution in [3.05, 3.63) is 36.1 Å². The molecular formula is C21H25N3O5S. The SMILES string of the molecule is COC(=O)C(Sc1nnc(-c2ccc(C)o2)n1-c1c(OC)cccc1OC)C(C)C. The van der Waals surface area contributed by atoms with E-state index in [9.17, 15) is 4.79 Å². The molecule has 0 saturated heterocycles. The maximum absolute atomic E-state index is 12.4. The van der Waals surface area contributed by atoms with Crippen molar-refractivity contribution in [2.45, 2.75) is 31.2 Å². The number of benzene rings is 1. The highest BCUT2D eigenvalue weighted by molar-refractivity contribution is 8.00. The summed E-state index contributed by atoms with van der Waals surface area (Å²) in [5, 5.41) is 8.75. The summed E-state index contributed by atoms with van der Waals surface area (Å²) < 4.78 is 23.8. The molecule has 3 rings (SSSR count). The highest BCUT2D eigenvalue weighted by Gasteiger charge is 2.30. The Kier molecular flexibility index (Phi) is 6.71. The lowest BCUT2D eigenvalue weighted by Crippen LogP contribution is -2.25. The number of para-hydroxylation sites is 1. The average molecular weight is 432 g/mol. The van der Waals surface area contributed by atoms with Crippen molar-refractivity contribution in [2.75, 3.05) is 21.3 Å². The van der Waals surface area contributed by atoms with Gasteiger partial charge < -0.3 is 18.6 Å². The van der Waals surface area contributed by atoms with Crippen molar-refractivity contribution in [2.24, 2.45) is 5.92 Å². The Morgan fingerprint density at radius 2 is 1.73 bits per heavy atom. The number of aryl methyl sites for hydroxylation is 1. The Labute approximate surface area is 179 Å². The molecule has 0 bridgehead atoms. The van der Waals surface area contributed by atoms with Gasteiger partial charge in [0.15, 0.2) is 10.9 Å². The van der Waals surface area contributed by atoms with E-state index < -0.39 is 5.25 Å². The molecule has 0 spiro atoms. The second-order valence-electron chi connectivity index (χ2n) is 6.87. The number of carbonyl (C=O) groups excluding carboxylic acids is 1. The molecule has 0 N–H and O–H groups in total. The van der Waals surface area contributed by atoms with Crippen LogP contribution in [0.3, 0.4) is 0 Å². The summed E-state index contributed by atoms with van der Waals surface area (Å²) in [5.41, 5.74) is 0.617. The number of aromatic nitrogens is 3. The summed E-state index contributed by atoms with van der Waals surface area (Å²) in [6.45, 7) is 5.77. The highest BCUT2D eigenvalue weighted by atomic mass is 32.2. The molecule has 0 aliphatic rings. The quantitative estimate of drug-likeness (QED) is 0.388. The Bertz CT molecular complexity index is 1010. The van der Waals surface area contributed by atoms with Crippen LogP contribution in [0.5, 0.6) is 11.5 Å². The van der Waals surface area contributed by atoms with Crippen LogP contribution in [0, 0.1) is 12.8 Å². The van der Waals surface area contributed by atoms with Crippen molar-refractivity contribution in [1.29, 1.82) is 0 Å². The number of hydrogen-bond donors (Lipinski definition) is 0. The van der Waals surface area contributed by atoms with Crippen molar-refractivity contribution in [3.63, 3.8) is 0 Å². The van der Waals surface area contributed by atoms with E-state index in [1.807, 2.05) is 51.1 Å². The fourth-order valence-corrected chi connectivity index (χ4v) is 4.06. The van der Waals surface area contributed by atoms with Crippen LogP contribution >= 0.6 is 11.8 Å². The molecule has 1 aromatic carbocycles. The van der Waals surface area contributed by atoms with Gasteiger partial charge in [-0.15, -0.1) is 10.2 Å². The number of nitrogens with zero attached hydrogens (tertiary/aromatic N) is 3. The fourth-order valence-electron chi connectivity index (χ4n) is 3.00. The van der Waals surface area contributed by atoms with Gasteiger partial charge in [0.25, 0.3) is 0 Å². The normalized spacial score (nSPS) is 12.1. The number of carbonyl (C=O) groups is 1. The molecule has 0 fully saturated rings. The van der Waals surface area contributed by atoms with Gasteiger partial charge in [-0.05, 0) is 37.1 Å². The van der Waals surface area contributed by atoms with Gasteiger partial charge in [0.05, 0.1) is 21.3 Å². The lowest BCUT2D eigenvalue weighted by molar-refractivity contribution is -0.140. The minimum atomic E-state index is -0.468. The molecule has 2 heterocycles. The molecular weight excluding hydrogens is 406 g/mol. The third-order valence-electron chi connectivity index (χ3n) is 4.49. The van der Waals surface area contributed by atoms with Crippen LogP contribution in [0.1, 0.15) is 19.6 Å². The largest absolute Gasteiger partial charge is 0.494 e. The van der Waals surface area contributed by atoms with Crippen LogP contribution in [0.4, 0.5) is 0 Å². The van der Waals surface area contributed by atoms with Crippen LogP contribution in [0.15, 0.2) is 39.9 Å². The maximum atomic E-state index is 12.4. The first-order chi connectivity index (χ1) is 14.4. The van der Waals surface area contributed by atoms with Crippen LogP contribution in [-0.4, -0.2) is 47.3 Å². The summed E-state index contributed by atoms with van der Waals surface area (Å²) >= 11 is 1.27. The third kappa shape index (κ3) is 4.16. The van der Waals surface area contributed by atoms with Crippen LogP contribution in [-0.2, 0) is 9.53 Å². The molecule has 0 saturated carbocycles. The van der Waals surface area contributed by atoms with Gasteiger partial charge in [0, 0.05) is 0 Å². The highest BCUT2D eigenvalue weighted by Crippen LogP contribution is 2.40. The molecule has 3 aromatic rings. The van der Waals surface area contributed by atoms with Gasteiger partial charge in [0.2, 0.25) is 5.82 Å². The molecule has 9 heteroatoms. The smallest absolute Gasteiger partial charge is 0.319 e. The number of ether oxygens (including phenoxy) is 3. The number of esters is 1. The molecule has 0 aliphatic carbocycles. The van der Waals surface area contributed by atoms with Crippen molar-refractivity contribution < 1.29 is 23.4 Å². The molecule has 8 nitrogen and oxygen atoms in total. The number of hydrogen-bond acceptors (Lipinski definition) is 8. The van der Waals surface area contributed by atoms with E-state index in [-0.39, 0.29) is 11.9 Å². The molecule has 0 radical (unpaired) electrons. The topological polar surface area (TPSA) is 88.6 Å². The van der Waals surface area contributed by atoms with Crippen molar-refractivity contribution in [3.8, 4) is 28.8 Å². The first-order valence-electron chi connectivity index (χ1n) is 9.39. The van der Waals surface area contributed by atoms with Gasteiger partial charge in [-0.3, -0.25) is 9.36 Å². The van der Waals surface area contributed by atoms with E-state index in [2.05, 4.69) is 10.2 Å². The van der Waals surface area contributed by atoms with E-state index in [0.717, 1.165) is 5.76 Å². The molecule has 0 aliphatic heterocycles. The Morgan fingerprint density at radius 1 is 1.07 bits per heavy atom. The summed E-state index contributed by atoms with van der Waals surface area (Å²) in [6, 6.07) is 9.16. The van der Waals surface area contributed by atoms with E-state index in [1.54, 1.807) is 18.8 Å². The first-order valence-corrected chi connectivity index (χ1v) is 10.3. The van der Waals surface area contributed by atoms with Gasteiger partial charge in [-0.25, -0.2) is 0 Å². The lowest BCUT2D eigenvalue weighted by Gasteiger charge is -2.20. The summed E-state index contributed by atoms with van der Waals surface area (Å²) in [5.74, 6) is 2.59. The summed E-state index contributed by atoms with van der Waals surface area (Å²) in [7, 11) is 4.54. The lowest BCUT2D eigenvalue weighted by atomic mass is 10.1. The van der Waals surface area contributed by atoms with Gasteiger partial charge in [0.1, 0.15) is 28.2 Å². The first kappa shape index (κ1) is 21.8. The van der Waals surface area contributed by atoms with E-state index >= 15 is 0 Å². The molecule has 30 heavy (non-hydrogen) atoms. The van der Waals surface area contributed by atoms with E-state index in [4.69, 9.17) is 18.6 Å². The van der Waals surface area contributed by atoms with Crippen LogP contribution < -0.4 is 9.47 Å². The molecule has 0 amide bonds. The second kappa shape index (κ2) is 9.25. The zero-order valence-corrected chi connectivity index (χ0v) is 18.6. The maximum Gasteiger partial charge on any atom is 0.319 e. The zero-order chi connectivity index (χ0) is 21.8. The second-order valence-corrected chi connectivity index (χ2v) is 7.98. The van der Waals surface area contributed by atoms with Gasteiger partial charge >= 0.3 is 5.97 Å². The zero-order valence-electron chi connectivity index (χ0n) is 17.8. The number of rotatable bonds is 8. The van der Waals surface area contributed by atoms with Crippen molar-refractivity contribution in [1.82, 2.24) is 14.8 Å². The fraction of sp³-hybridized carbons (Fsp3) is 0.381. The molecule has 1 unspecified atom stereocenters. The monoisotopic (exact) mass is 431 g/mol. The molecule has 160 valence electrons. The summed E-state index contributed by atoms with van der Waals surface area (Å²) in [6.07, 6.45) is 0.